The second-order valence-corrected chi connectivity index (χ2v) is 7.26. The molecule has 2 aliphatic rings. The minimum absolute atomic E-state index is 0.224. The molecule has 2 aromatic rings. The summed E-state index contributed by atoms with van der Waals surface area (Å²) in [6.07, 6.45) is 2.83. The number of halogens is 3. The summed E-state index contributed by atoms with van der Waals surface area (Å²) < 4.78 is 39.7. The van der Waals surface area contributed by atoms with Gasteiger partial charge in [-0.3, -0.25) is 20.2 Å². The molecule has 1 saturated heterocycles. The lowest BCUT2D eigenvalue weighted by atomic mass is 9.95. The molecule has 8 heteroatoms. The van der Waals surface area contributed by atoms with Crippen LogP contribution in [0.25, 0.3) is 11.1 Å². The summed E-state index contributed by atoms with van der Waals surface area (Å²) in [5.41, 5.74) is 2.68. The number of rotatable bonds is 4. The molecule has 146 valence electrons. The van der Waals surface area contributed by atoms with Gasteiger partial charge in [-0.05, 0) is 54.2 Å². The van der Waals surface area contributed by atoms with Crippen molar-refractivity contribution in [2.75, 3.05) is 6.54 Å². The number of imide groups is 1. The molecule has 2 amide bonds. The Morgan fingerprint density at radius 1 is 1.18 bits per heavy atom. The van der Waals surface area contributed by atoms with Gasteiger partial charge in [0, 0.05) is 23.7 Å². The van der Waals surface area contributed by atoms with Gasteiger partial charge >= 0.3 is 0 Å². The number of hydrogen-bond acceptors (Lipinski definition) is 4. The Kier molecular flexibility index (Phi) is 4.66. The van der Waals surface area contributed by atoms with Crippen molar-refractivity contribution in [2.24, 2.45) is 0 Å². The molecule has 0 bridgehead atoms. The van der Waals surface area contributed by atoms with E-state index in [-0.39, 0.29) is 5.56 Å². The number of alkyl halides is 2. The van der Waals surface area contributed by atoms with Crippen LogP contribution in [0.5, 0.6) is 0 Å². The van der Waals surface area contributed by atoms with Crippen LogP contribution in [0.3, 0.4) is 0 Å². The van der Waals surface area contributed by atoms with E-state index in [1.165, 1.54) is 12.3 Å². The largest absolute Gasteiger partial charge is 0.300 e. The fourth-order valence-corrected chi connectivity index (χ4v) is 3.41. The molecule has 0 radical (unpaired) electrons. The number of benzene rings is 1. The molecule has 2 fully saturated rings. The van der Waals surface area contributed by atoms with Gasteiger partial charge in [-0.25, -0.2) is 13.8 Å². The minimum Gasteiger partial charge on any atom is -0.300 e. The van der Waals surface area contributed by atoms with Crippen LogP contribution in [-0.4, -0.2) is 35.3 Å². The van der Waals surface area contributed by atoms with Crippen LogP contribution in [0.1, 0.15) is 41.1 Å². The van der Waals surface area contributed by atoms with Crippen LogP contribution in [0.2, 0.25) is 0 Å². The van der Waals surface area contributed by atoms with Gasteiger partial charge in [0.05, 0.1) is 12.6 Å². The molecular weight excluding hydrogens is 371 g/mol. The van der Waals surface area contributed by atoms with Gasteiger partial charge in [0.1, 0.15) is 0 Å². The Morgan fingerprint density at radius 3 is 2.57 bits per heavy atom. The molecule has 4 rings (SSSR count). The highest BCUT2D eigenvalue weighted by Gasteiger charge is 2.42. The lowest BCUT2D eigenvalue weighted by Crippen LogP contribution is -2.43. The lowest BCUT2D eigenvalue weighted by Gasteiger charge is -2.13. The van der Waals surface area contributed by atoms with E-state index in [4.69, 9.17) is 0 Å². The van der Waals surface area contributed by atoms with E-state index in [9.17, 15) is 22.8 Å². The minimum atomic E-state index is -2.96. The third-order valence-corrected chi connectivity index (χ3v) is 5.03. The third-order valence-electron chi connectivity index (χ3n) is 5.03. The van der Waals surface area contributed by atoms with Crippen molar-refractivity contribution < 1.29 is 22.8 Å². The number of carbonyl (C=O) groups is 2. The average Bonchev–Trinajstić information content (AvgIpc) is 3.44. The molecule has 1 saturated carbocycles. The second kappa shape index (κ2) is 7.01. The summed E-state index contributed by atoms with van der Waals surface area (Å²) in [4.78, 5) is 28.3. The highest BCUT2D eigenvalue weighted by molar-refractivity contribution is 6.06. The smallest absolute Gasteiger partial charge is 0.262 e. The molecule has 1 aromatic heterocycles. The molecule has 1 atom stereocenters. The Bertz CT molecular complexity index is 927. The van der Waals surface area contributed by atoms with Gasteiger partial charge in [0.25, 0.3) is 11.8 Å². The summed E-state index contributed by atoms with van der Waals surface area (Å²) in [5, 5.41) is 4.60. The zero-order valence-electron chi connectivity index (χ0n) is 14.8. The Balaban J connectivity index is 1.56. The van der Waals surface area contributed by atoms with Crippen molar-refractivity contribution in [3.05, 3.63) is 53.6 Å². The number of nitrogens with one attached hydrogen (secondary N) is 2. The van der Waals surface area contributed by atoms with E-state index >= 15 is 0 Å². The number of carbonyl (C=O) groups excluding carboxylic acids is 2. The molecule has 28 heavy (non-hydrogen) atoms. The average molecular weight is 389 g/mol. The molecule has 5 nitrogen and oxygen atoms in total. The summed E-state index contributed by atoms with van der Waals surface area (Å²) in [7, 11) is 0. The predicted octanol–water partition coefficient (Wildman–Crippen LogP) is 3.02. The van der Waals surface area contributed by atoms with Crippen molar-refractivity contribution in [3.8, 4) is 11.1 Å². The molecule has 1 aromatic carbocycles. The fraction of sp³-hybridized carbons (Fsp3) is 0.350. The Morgan fingerprint density at radius 2 is 1.96 bits per heavy atom. The summed E-state index contributed by atoms with van der Waals surface area (Å²) in [6.45, 7) is -0.586. The van der Waals surface area contributed by atoms with E-state index in [1.54, 1.807) is 18.2 Å². The lowest BCUT2D eigenvalue weighted by molar-refractivity contribution is -0.122. The zero-order valence-corrected chi connectivity index (χ0v) is 14.8. The van der Waals surface area contributed by atoms with Crippen LogP contribution in [0, 0.1) is 5.95 Å². The number of amides is 2. The van der Waals surface area contributed by atoms with Crippen molar-refractivity contribution >= 4 is 11.8 Å². The topological polar surface area (TPSA) is 71.1 Å². The van der Waals surface area contributed by atoms with Crippen LogP contribution < -0.4 is 10.6 Å². The first-order valence-corrected chi connectivity index (χ1v) is 9.05. The van der Waals surface area contributed by atoms with Gasteiger partial charge in [0.2, 0.25) is 11.9 Å². The zero-order chi connectivity index (χ0) is 19.9. The molecule has 2 N–H and O–H groups in total. The number of nitrogens with zero attached hydrogens (tertiary/aromatic N) is 1. The Hall–Kier alpha value is -2.74. The second-order valence-electron chi connectivity index (χ2n) is 7.26. The molecular formula is C20H18F3N3O2. The van der Waals surface area contributed by atoms with Gasteiger partial charge in [0.15, 0.2) is 0 Å². The van der Waals surface area contributed by atoms with E-state index < -0.39 is 42.7 Å². The summed E-state index contributed by atoms with van der Waals surface area (Å²) >= 11 is 0. The van der Waals surface area contributed by atoms with Gasteiger partial charge in [-0.1, -0.05) is 6.07 Å². The Labute approximate surface area is 159 Å². The van der Waals surface area contributed by atoms with E-state index in [2.05, 4.69) is 15.6 Å². The van der Waals surface area contributed by atoms with Gasteiger partial charge < -0.3 is 0 Å². The maximum absolute atomic E-state index is 13.3. The summed E-state index contributed by atoms with van der Waals surface area (Å²) in [5.74, 6) is -4.63. The van der Waals surface area contributed by atoms with Crippen LogP contribution >= 0.6 is 0 Å². The van der Waals surface area contributed by atoms with Crippen molar-refractivity contribution in [1.82, 2.24) is 15.6 Å². The highest BCUT2D eigenvalue weighted by Crippen LogP contribution is 2.44. The molecule has 1 aliphatic carbocycles. The quantitative estimate of drug-likeness (QED) is 0.623. The SMILES string of the molecule is O=C(NC(=O)[C@@H]1CC(F)(F)CN1)c1ccc(C2CC2)c(-c2ccc(F)nc2)c1. The monoisotopic (exact) mass is 389 g/mol. The number of pyridine rings is 1. The fourth-order valence-electron chi connectivity index (χ4n) is 3.41. The normalized spacial score (nSPS) is 20.8. The van der Waals surface area contributed by atoms with Crippen LogP contribution in [-0.2, 0) is 4.79 Å². The number of aromatic nitrogens is 1. The predicted molar refractivity (Wildman–Crippen MR) is 95.4 cm³/mol. The van der Waals surface area contributed by atoms with E-state index in [0.29, 0.717) is 11.5 Å². The van der Waals surface area contributed by atoms with Crippen LogP contribution in [0.4, 0.5) is 13.2 Å². The molecule has 0 spiro atoms. The highest BCUT2D eigenvalue weighted by atomic mass is 19.3. The molecule has 2 heterocycles. The van der Waals surface area contributed by atoms with Crippen molar-refractivity contribution in [1.29, 1.82) is 0 Å². The maximum atomic E-state index is 13.3. The van der Waals surface area contributed by atoms with Gasteiger partial charge in [-0.15, -0.1) is 0 Å². The standard InChI is InChI=1S/C20H18F3N3O2/c21-17-6-4-13(9-24-17)15-7-12(3-5-14(15)11-1-2-11)18(27)26-19(28)16-8-20(22,23)10-25-16/h3-7,9,11,16,25H,1-2,8,10H2,(H,26,27,28)/t16-/m0/s1. The maximum Gasteiger partial charge on any atom is 0.262 e. The molecule has 0 unspecified atom stereocenters. The summed E-state index contributed by atoms with van der Waals surface area (Å²) in [6, 6.07) is 6.77. The van der Waals surface area contributed by atoms with Crippen LogP contribution in [0.15, 0.2) is 36.5 Å². The first-order valence-electron chi connectivity index (χ1n) is 9.05. The number of hydrogen-bond donors (Lipinski definition) is 2. The first-order chi connectivity index (χ1) is 13.3. The first kappa shape index (κ1) is 18.6. The van der Waals surface area contributed by atoms with Crippen molar-refractivity contribution in [3.63, 3.8) is 0 Å². The van der Waals surface area contributed by atoms with E-state index in [1.807, 2.05) is 6.07 Å². The third kappa shape index (κ3) is 3.91. The van der Waals surface area contributed by atoms with Crippen molar-refractivity contribution in [2.45, 2.75) is 37.1 Å². The van der Waals surface area contributed by atoms with E-state index in [0.717, 1.165) is 24.0 Å². The molecule has 1 aliphatic heterocycles. The van der Waals surface area contributed by atoms with Gasteiger partial charge in [-0.2, -0.15) is 4.39 Å².